The lowest BCUT2D eigenvalue weighted by atomic mass is 10.1. The van der Waals surface area contributed by atoms with Crippen molar-refractivity contribution in [1.29, 1.82) is 0 Å². The normalized spacial score (nSPS) is 13.3. The first-order chi connectivity index (χ1) is 8.69. The first kappa shape index (κ1) is 10.8. The van der Waals surface area contributed by atoms with Crippen LogP contribution in [0.4, 0.5) is 5.69 Å². The van der Waals surface area contributed by atoms with Gasteiger partial charge in [-0.15, -0.1) is 0 Å². The molecule has 0 radical (unpaired) electrons. The molecule has 1 aliphatic heterocycles. The molecule has 0 atom stereocenters. The van der Waals surface area contributed by atoms with Crippen LogP contribution in [0.25, 0.3) is 11.3 Å². The van der Waals surface area contributed by atoms with Crippen LogP contribution in [0.2, 0.25) is 0 Å². The summed E-state index contributed by atoms with van der Waals surface area (Å²) in [7, 11) is 1.56. The molecule has 1 aliphatic rings. The highest BCUT2D eigenvalue weighted by atomic mass is 16.5. The molecule has 3 heterocycles. The third kappa shape index (κ3) is 1.54. The molecule has 0 saturated heterocycles. The molecule has 0 saturated carbocycles. The molecular formula is C12H12N4O2. The van der Waals surface area contributed by atoms with Gasteiger partial charge in [-0.05, 0) is 19.1 Å². The number of rotatable bonds is 1. The number of pyridine rings is 1. The van der Waals surface area contributed by atoms with Gasteiger partial charge < -0.3 is 10.1 Å². The van der Waals surface area contributed by atoms with Gasteiger partial charge in [-0.2, -0.15) is 5.10 Å². The van der Waals surface area contributed by atoms with Gasteiger partial charge in [0.25, 0.3) is 0 Å². The van der Waals surface area contributed by atoms with E-state index in [2.05, 4.69) is 15.4 Å². The average Bonchev–Trinajstić information content (AvgIpc) is 2.71. The highest BCUT2D eigenvalue weighted by Gasteiger charge is 2.23. The van der Waals surface area contributed by atoms with Crippen molar-refractivity contribution in [2.24, 2.45) is 0 Å². The second-order valence-corrected chi connectivity index (χ2v) is 4.12. The van der Waals surface area contributed by atoms with E-state index in [1.807, 2.05) is 19.1 Å². The second kappa shape index (κ2) is 3.83. The Bertz CT molecular complexity index is 633. The number of carbonyl (C=O) groups is 1. The first-order valence-corrected chi connectivity index (χ1v) is 5.56. The van der Waals surface area contributed by atoms with Crippen molar-refractivity contribution in [1.82, 2.24) is 14.8 Å². The number of fused-ring (bicyclic) bond motifs is 3. The summed E-state index contributed by atoms with van der Waals surface area (Å²) in [4.78, 5) is 16.1. The van der Waals surface area contributed by atoms with Gasteiger partial charge in [0.15, 0.2) is 0 Å². The number of hydrogen-bond donors (Lipinski definition) is 1. The molecule has 6 nitrogen and oxygen atoms in total. The van der Waals surface area contributed by atoms with Gasteiger partial charge in [0, 0.05) is 11.9 Å². The van der Waals surface area contributed by atoms with Gasteiger partial charge in [-0.3, -0.25) is 9.48 Å². The first-order valence-electron chi connectivity index (χ1n) is 5.56. The molecule has 18 heavy (non-hydrogen) atoms. The molecule has 0 fully saturated rings. The molecular weight excluding hydrogens is 232 g/mol. The van der Waals surface area contributed by atoms with E-state index in [-0.39, 0.29) is 12.5 Å². The minimum Gasteiger partial charge on any atom is -0.480 e. The largest absolute Gasteiger partial charge is 0.480 e. The van der Waals surface area contributed by atoms with Crippen molar-refractivity contribution in [3.05, 3.63) is 24.0 Å². The highest BCUT2D eigenvalue weighted by Crippen LogP contribution is 2.37. The van der Waals surface area contributed by atoms with Crippen LogP contribution in [0, 0.1) is 6.92 Å². The van der Waals surface area contributed by atoms with Crippen molar-refractivity contribution in [3.63, 3.8) is 0 Å². The van der Waals surface area contributed by atoms with E-state index in [0.29, 0.717) is 11.6 Å². The lowest BCUT2D eigenvalue weighted by Crippen LogP contribution is -2.17. The summed E-state index contributed by atoms with van der Waals surface area (Å²) < 4.78 is 6.95. The Labute approximate surface area is 104 Å². The van der Waals surface area contributed by atoms with Crippen LogP contribution in [-0.2, 0) is 11.3 Å². The number of anilines is 1. The minimum atomic E-state index is -0.105. The van der Waals surface area contributed by atoms with E-state index in [9.17, 15) is 4.79 Å². The van der Waals surface area contributed by atoms with Gasteiger partial charge >= 0.3 is 0 Å². The summed E-state index contributed by atoms with van der Waals surface area (Å²) in [6.45, 7) is 2.05. The van der Waals surface area contributed by atoms with Gasteiger partial charge in [-0.25, -0.2) is 4.98 Å². The Balaban J connectivity index is 2.33. The number of hydrogen-bond acceptors (Lipinski definition) is 4. The van der Waals surface area contributed by atoms with E-state index >= 15 is 0 Å². The predicted molar refractivity (Wildman–Crippen MR) is 65.4 cm³/mol. The summed E-state index contributed by atoms with van der Waals surface area (Å²) in [5.74, 6) is 0.389. The van der Waals surface area contributed by atoms with Crippen molar-refractivity contribution in [2.75, 3.05) is 12.4 Å². The van der Waals surface area contributed by atoms with Gasteiger partial charge in [0.1, 0.15) is 6.54 Å². The van der Waals surface area contributed by atoms with Crippen LogP contribution in [-0.4, -0.2) is 27.8 Å². The van der Waals surface area contributed by atoms with Crippen LogP contribution >= 0.6 is 0 Å². The zero-order chi connectivity index (χ0) is 12.7. The molecule has 2 aromatic rings. The maximum Gasteiger partial charge on any atom is 0.246 e. The molecule has 0 aliphatic carbocycles. The quantitative estimate of drug-likeness (QED) is 0.818. The second-order valence-electron chi connectivity index (χ2n) is 4.12. The number of carbonyl (C=O) groups excluding carboxylic acids is 1. The fraction of sp³-hybridized carbons (Fsp3) is 0.250. The summed E-state index contributed by atoms with van der Waals surface area (Å²) in [6, 6.07) is 3.68. The van der Waals surface area contributed by atoms with Gasteiger partial charge in [0.2, 0.25) is 11.8 Å². The van der Waals surface area contributed by atoms with Gasteiger partial charge in [0.05, 0.1) is 24.1 Å². The number of aryl methyl sites for hydroxylation is 1. The Kier molecular flexibility index (Phi) is 2.29. The van der Waals surface area contributed by atoms with Crippen LogP contribution in [0.1, 0.15) is 5.69 Å². The number of amides is 1. The Morgan fingerprint density at radius 3 is 3.11 bits per heavy atom. The third-order valence-corrected chi connectivity index (χ3v) is 2.85. The topological polar surface area (TPSA) is 69.0 Å². The number of nitrogens with zero attached hydrogens (tertiary/aromatic N) is 3. The Hall–Kier alpha value is -2.37. The van der Waals surface area contributed by atoms with E-state index < -0.39 is 0 Å². The predicted octanol–water partition coefficient (Wildman–Crippen LogP) is 1.21. The SMILES string of the molecule is COc1nc(C)cc2c1-c1ccnn1CC(=O)N2. The summed E-state index contributed by atoms with van der Waals surface area (Å²) in [5.41, 5.74) is 3.10. The monoisotopic (exact) mass is 244 g/mol. The maximum atomic E-state index is 11.8. The molecule has 1 amide bonds. The van der Waals surface area contributed by atoms with Crippen LogP contribution in [0.5, 0.6) is 5.88 Å². The van der Waals surface area contributed by atoms with Crippen molar-refractivity contribution < 1.29 is 9.53 Å². The molecule has 6 heteroatoms. The smallest absolute Gasteiger partial charge is 0.246 e. The summed E-state index contributed by atoms with van der Waals surface area (Å²) in [6.07, 6.45) is 1.66. The zero-order valence-electron chi connectivity index (χ0n) is 10.1. The number of nitrogens with one attached hydrogen (secondary N) is 1. The Morgan fingerprint density at radius 2 is 2.33 bits per heavy atom. The standard InChI is InChI=1S/C12H12N4O2/c1-7-5-8-11(12(14-7)18-2)9-3-4-13-16(9)6-10(17)15-8/h3-5H,6H2,1-2H3,(H,15,17). The lowest BCUT2D eigenvalue weighted by molar-refractivity contribution is -0.116. The van der Waals surface area contributed by atoms with Crippen molar-refractivity contribution in [2.45, 2.75) is 13.5 Å². The fourth-order valence-corrected chi connectivity index (χ4v) is 2.14. The molecule has 0 spiro atoms. The number of methoxy groups -OCH3 is 1. The summed E-state index contributed by atoms with van der Waals surface area (Å²) in [5, 5.41) is 6.99. The van der Waals surface area contributed by atoms with E-state index in [0.717, 1.165) is 17.0 Å². The van der Waals surface area contributed by atoms with Crippen molar-refractivity contribution in [3.8, 4) is 17.1 Å². The molecule has 0 unspecified atom stereocenters. The van der Waals surface area contributed by atoms with Crippen LogP contribution in [0.15, 0.2) is 18.3 Å². The third-order valence-electron chi connectivity index (χ3n) is 2.85. The molecule has 2 aromatic heterocycles. The number of aromatic nitrogens is 3. The van der Waals surface area contributed by atoms with Crippen LogP contribution in [0.3, 0.4) is 0 Å². The highest BCUT2D eigenvalue weighted by molar-refractivity contribution is 5.98. The molecule has 0 aromatic carbocycles. The lowest BCUT2D eigenvalue weighted by Gasteiger charge is -2.11. The Morgan fingerprint density at radius 1 is 1.50 bits per heavy atom. The van der Waals surface area contributed by atoms with E-state index in [4.69, 9.17) is 4.74 Å². The zero-order valence-corrected chi connectivity index (χ0v) is 10.1. The number of ether oxygens (including phenoxy) is 1. The molecule has 3 rings (SSSR count). The maximum absolute atomic E-state index is 11.8. The molecule has 92 valence electrons. The van der Waals surface area contributed by atoms with Crippen LogP contribution < -0.4 is 10.1 Å². The van der Waals surface area contributed by atoms with E-state index in [1.165, 1.54) is 0 Å². The van der Waals surface area contributed by atoms with Crippen molar-refractivity contribution >= 4 is 11.6 Å². The fourth-order valence-electron chi connectivity index (χ4n) is 2.14. The molecule has 0 bridgehead atoms. The van der Waals surface area contributed by atoms with E-state index in [1.54, 1.807) is 18.0 Å². The minimum absolute atomic E-state index is 0.105. The van der Waals surface area contributed by atoms with Gasteiger partial charge in [-0.1, -0.05) is 0 Å². The average molecular weight is 244 g/mol. The molecule has 1 N–H and O–H groups in total. The summed E-state index contributed by atoms with van der Waals surface area (Å²) >= 11 is 0.